The molecule has 1 amide bonds. The van der Waals surface area contributed by atoms with E-state index in [0.29, 0.717) is 19.6 Å². The SMILES string of the molecule is C=CC(=O)N1Cc2sc(Cl)cc2[C@@H](c2ccccc2-c2cn(Cc3cccnc3)nc2C)C1. The number of carbonyl (C=O) groups is 1. The van der Waals surface area contributed by atoms with Crippen LogP contribution in [-0.4, -0.2) is 32.1 Å². The highest BCUT2D eigenvalue weighted by Gasteiger charge is 2.32. The first-order valence-corrected chi connectivity index (χ1v) is 11.9. The van der Waals surface area contributed by atoms with E-state index >= 15 is 0 Å². The molecule has 33 heavy (non-hydrogen) atoms. The van der Waals surface area contributed by atoms with Crippen molar-refractivity contribution < 1.29 is 4.79 Å². The number of rotatable bonds is 5. The van der Waals surface area contributed by atoms with Crippen LogP contribution >= 0.6 is 22.9 Å². The molecule has 4 heterocycles. The molecule has 1 aromatic carbocycles. The summed E-state index contributed by atoms with van der Waals surface area (Å²) in [7, 11) is 0. The molecule has 5 rings (SSSR count). The molecule has 7 heteroatoms. The highest BCUT2D eigenvalue weighted by atomic mass is 35.5. The number of aryl methyl sites for hydroxylation is 1. The van der Waals surface area contributed by atoms with Crippen molar-refractivity contribution >= 4 is 28.8 Å². The van der Waals surface area contributed by atoms with Gasteiger partial charge in [0.05, 0.1) is 23.1 Å². The van der Waals surface area contributed by atoms with E-state index in [1.165, 1.54) is 17.2 Å². The van der Waals surface area contributed by atoms with Gasteiger partial charge in [-0.05, 0) is 47.4 Å². The van der Waals surface area contributed by atoms with Gasteiger partial charge in [0.25, 0.3) is 0 Å². The highest BCUT2D eigenvalue weighted by Crippen LogP contribution is 2.43. The average molecular weight is 475 g/mol. The Balaban J connectivity index is 1.56. The molecule has 5 nitrogen and oxygen atoms in total. The van der Waals surface area contributed by atoms with Gasteiger partial charge in [-0.25, -0.2) is 0 Å². The number of thiophene rings is 1. The monoisotopic (exact) mass is 474 g/mol. The Labute approximate surface area is 202 Å². The fourth-order valence-corrected chi connectivity index (χ4v) is 5.89. The number of hydrogen-bond acceptors (Lipinski definition) is 4. The van der Waals surface area contributed by atoms with Crippen LogP contribution in [0.2, 0.25) is 4.34 Å². The average Bonchev–Trinajstić information content (AvgIpc) is 3.39. The van der Waals surface area contributed by atoms with Crippen molar-refractivity contribution in [3.8, 4) is 11.1 Å². The lowest BCUT2D eigenvalue weighted by Crippen LogP contribution is -2.37. The summed E-state index contributed by atoms with van der Waals surface area (Å²) in [5.74, 6) is -0.0354. The van der Waals surface area contributed by atoms with Crippen LogP contribution in [0.4, 0.5) is 0 Å². The first kappa shape index (κ1) is 21.6. The molecule has 0 unspecified atom stereocenters. The molecular formula is C26H23ClN4OS. The number of fused-ring (bicyclic) bond motifs is 1. The Kier molecular flexibility index (Phi) is 5.87. The fraction of sp³-hybridized carbons (Fsp3) is 0.192. The van der Waals surface area contributed by atoms with E-state index in [9.17, 15) is 4.79 Å². The summed E-state index contributed by atoms with van der Waals surface area (Å²) >= 11 is 7.95. The Morgan fingerprint density at radius 3 is 2.88 bits per heavy atom. The highest BCUT2D eigenvalue weighted by molar-refractivity contribution is 7.16. The molecule has 0 N–H and O–H groups in total. The molecule has 1 aliphatic heterocycles. The minimum Gasteiger partial charge on any atom is -0.333 e. The number of benzene rings is 1. The van der Waals surface area contributed by atoms with E-state index < -0.39 is 0 Å². The molecule has 0 spiro atoms. The van der Waals surface area contributed by atoms with E-state index in [0.717, 1.165) is 31.6 Å². The van der Waals surface area contributed by atoms with Crippen molar-refractivity contribution in [2.24, 2.45) is 0 Å². The van der Waals surface area contributed by atoms with Gasteiger partial charge in [0.1, 0.15) is 0 Å². The molecule has 0 saturated carbocycles. The van der Waals surface area contributed by atoms with Gasteiger partial charge in [-0.2, -0.15) is 5.10 Å². The molecule has 0 radical (unpaired) electrons. The standard InChI is InChI=1S/C26H23ClN4OS/c1-3-26(32)30-14-23(21-11-25(27)33-24(21)16-30)20-9-5-4-8-19(20)22-15-31(29-17(22)2)13-18-7-6-10-28-12-18/h3-12,15,23H,1,13-14,16H2,2H3/t23-/m1/s1. The Bertz CT molecular complexity index is 1330. The van der Waals surface area contributed by atoms with Gasteiger partial charge in [0.2, 0.25) is 5.91 Å². The Morgan fingerprint density at radius 2 is 2.09 bits per heavy atom. The summed E-state index contributed by atoms with van der Waals surface area (Å²) in [6, 6.07) is 14.4. The van der Waals surface area contributed by atoms with Gasteiger partial charge in [0, 0.05) is 41.5 Å². The lowest BCUT2D eigenvalue weighted by molar-refractivity contribution is -0.127. The van der Waals surface area contributed by atoms with Crippen molar-refractivity contribution in [3.05, 3.63) is 105 Å². The molecule has 3 aromatic heterocycles. The van der Waals surface area contributed by atoms with Crippen LogP contribution < -0.4 is 0 Å². The molecule has 4 aromatic rings. The number of carbonyl (C=O) groups excluding carboxylic acids is 1. The number of hydrogen-bond donors (Lipinski definition) is 0. The smallest absolute Gasteiger partial charge is 0.246 e. The van der Waals surface area contributed by atoms with Gasteiger partial charge in [-0.1, -0.05) is 48.5 Å². The van der Waals surface area contributed by atoms with Crippen molar-refractivity contribution in [3.63, 3.8) is 0 Å². The van der Waals surface area contributed by atoms with E-state index in [1.54, 1.807) is 17.5 Å². The van der Waals surface area contributed by atoms with Crippen LogP contribution in [0.5, 0.6) is 0 Å². The van der Waals surface area contributed by atoms with E-state index in [2.05, 4.69) is 42.0 Å². The van der Waals surface area contributed by atoms with Crippen molar-refractivity contribution in [2.45, 2.75) is 25.9 Å². The second-order valence-corrected chi connectivity index (χ2v) is 9.95. The Morgan fingerprint density at radius 1 is 1.24 bits per heavy atom. The van der Waals surface area contributed by atoms with Crippen LogP contribution in [0.25, 0.3) is 11.1 Å². The number of pyridine rings is 1. The predicted molar refractivity (Wildman–Crippen MR) is 133 cm³/mol. The molecule has 166 valence electrons. The summed E-state index contributed by atoms with van der Waals surface area (Å²) in [5, 5.41) is 4.77. The number of amides is 1. The number of nitrogens with zero attached hydrogens (tertiary/aromatic N) is 4. The minimum atomic E-state index is -0.0619. The largest absolute Gasteiger partial charge is 0.333 e. The quantitative estimate of drug-likeness (QED) is 0.350. The molecule has 1 aliphatic rings. The molecule has 0 fully saturated rings. The summed E-state index contributed by atoms with van der Waals surface area (Å²) in [6.45, 7) is 7.53. The third-order valence-corrected chi connectivity index (χ3v) is 7.32. The van der Waals surface area contributed by atoms with Crippen LogP contribution in [0.15, 0.2) is 73.7 Å². The van der Waals surface area contributed by atoms with Gasteiger partial charge in [-0.15, -0.1) is 11.3 Å². The van der Waals surface area contributed by atoms with Crippen LogP contribution in [0.3, 0.4) is 0 Å². The van der Waals surface area contributed by atoms with Crippen LogP contribution in [-0.2, 0) is 17.9 Å². The van der Waals surface area contributed by atoms with Crippen LogP contribution in [0.1, 0.15) is 33.2 Å². The zero-order chi connectivity index (χ0) is 22.9. The molecular weight excluding hydrogens is 452 g/mol. The third-order valence-electron chi connectivity index (χ3n) is 6.05. The molecule has 1 atom stereocenters. The maximum Gasteiger partial charge on any atom is 0.246 e. The molecule has 0 aliphatic carbocycles. The lowest BCUT2D eigenvalue weighted by atomic mass is 9.84. The van der Waals surface area contributed by atoms with Gasteiger partial charge in [-0.3, -0.25) is 14.5 Å². The second-order valence-electron chi connectivity index (χ2n) is 8.18. The normalized spacial score (nSPS) is 15.3. The maximum atomic E-state index is 12.5. The molecule has 0 saturated heterocycles. The predicted octanol–water partition coefficient (Wildman–Crippen LogP) is 5.68. The zero-order valence-corrected chi connectivity index (χ0v) is 19.8. The summed E-state index contributed by atoms with van der Waals surface area (Å²) in [4.78, 5) is 19.7. The fourth-order valence-electron chi connectivity index (χ4n) is 4.53. The lowest BCUT2D eigenvalue weighted by Gasteiger charge is -2.33. The Hall–Kier alpha value is -3.22. The minimum absolute atomic E-state index is 0.0265. The molecule has 0 bridgehead atoms. The van der Waals surface area contributed by atoms with Crippen molar-refractivity contribution in [1.29, 1.82) is 0 Å². The van der Waals surface area contributed by atoms with Gasteiger partial charge >= 0.3 is 0 Å². The van der Waals surface area contributed by atoms with E-state index in [-0.39, 0.29) is 11.8 Å². The summed E-state index contributed by atoms with van der Waals surface area (Å²) in [5.41, 5.74) is 6.64. The van der Waals surface area contributed by atoms with Gasteiger partial charge in [0.15, 0.2) is 0 Å². The topological polar surface area (TPSA) is 51.0 Å². The number of halogens is 1. The second kappa shape index (κ2) is 8.96. The third kappa shape index (κ3) is 4.24. The van der Waals surface area contributed by atoms with E-state index in [4.69, 9.17) is 16.7 Å². The zero-order valence-electron chi connectivity index (χ0n) is 18.2. The number of aromatic nitrogens is 3. The first-order chi connectivity index (χ1) is 16.0. The van der Waals surface area contributed by atoms with Crippen molar-refractivity contribution in [2.75, 3.05) is 6.54 Å². The summed E-state index contributed by atoms with van der Waals surface area (Å²) in [6.07, 6.45) is 7.11. The summed E-state index contributed by atoms with van der Waals surface area (Å²) < 4.78 is 2.70. The maximum absolute atomic E-state index is 12.5. The van der Waals surface area contributed by atoms with Crippen LogP contribution in [0, 0.1) is 6.92 Å². The van der Waals surface area contributed by atoms with Gasteiger partial charge < -0.3 is 4.90 Å². The first-order valence-electron chi connectivity index (χ1n) is 10.7. The van der Waals surface area contributed by atoms with Crippen molar-refractivity contribution in [1.82, 2.24) is 19.7 Å². The van der Waals surface area contributed by atoms with E-state index in [1.807, 2.05) is 40.9 Å².